The first-order chi connectivity index (χ1) is 12.4. The van der Waals surface area contributed by atoms with E-state index in [4.69, 9.17) is 5.73 Å². The Kier molecular flexibility index (Phi) is 5.09. The topological polar surface area (TPSA) is 105 Å². The lowest BCUT2D eigenvalue weighted by atomic mass is 10.1. The van der Waals surface area contributed by atoms with Crippen LogP contribution in [0.5, 0.6) is 0 Å². The van der Waals surface area contributed by atoms with Gasteiger partial charge in [0.2, 0.25) is 5.91 Å². The van der Waals surface area contributed by atoms with Crippen molar-refractivity contribution >= 4 is 16.8 Å². The van der Waals surface area contributed by atoms with E-state index in [0.717, 1.165) is 17.8 Å². The van der Waals surface area contributed by atoms with Crippen molar-refractivity contribution in [2.24, 2.45) is 5.73 Å². The lowest BCUT2D eigenvalue weighted by Crippen LogP contribution is -2.31. The number of nitrogens with zero attached hydrogens (tertiary/aromatic N) is 3. The molecule has 1 aromatic carbocycles. The second-order valence-electron chi connectivity index (χ2n) is 6.45. The molecule has 3 N–H and O–H groups in total. The van der Waals surface area contributed by atoms with Crippen LogP contribution in [-0.2, 0) is 13.0 Å². The number of hydrogen-bond acceptors (Lipinski definition) is 5. The Hall–Kier alpha value is -3.06. The number of H-pyrrole nitrogens is 1. The van der Waals surface area contributed by atoms with Gasteiger partial charge < -0.3 is 10.7 Å². The average molecular weight is 351 g/mol. The molecule has 3 rings (SSSR count). The van der Waals surface area contributed by atoms with Crippen molar-refractivity contribution in [1.82, 2.24) is 19.9 Å². The quantitative estimate of drug-likeness (QED) is 0.700. The molecule has 0 aliphatic carbocycles. The Labute approximate surface area is 150 Å². The predicted octanol–water partition coefficient (Wildman–Crippen LogP) is 1.48. The molecule has 0 saturated carbocycles. The summed E-state index contributed by atoms with van der Waals surface area (Å²) in [6.45, 7) is 2.69. The molecule has 134 valence electrons. The summed E-state index contributed by atoms with van der Waals surface area (Å²) >= 11 is 0. The number of benzene rings is 1. The Bertz CT molecular complexity index is 984. The van der Waals surface area contributed by atoms with Crippen molar-refractivity contribution in [2.45, 2.75) is 25.9 Å². The molecule has 1 atom stereocenters. The molecule has 0 aliphatic rings. The normalized spacial score (nSPS) is 12.4. The molecule has 0 unspecified atom stereocenters. The van der Waals surface area contributed by atoms with E-state index in [9.17, 15) is 9.59 Å². The van der Waals surface area contributed by atoms with Crippen molar-refractivity contribution in [3.8, 4) is 0 Å². The van der Waals surface area contributed by atoms with Crippen LogP contribution in [0.3, 0.4) is 0 Å². The first-order valence-electron chi connectivity index (χ1n) is 8.35. The number of likely N-dealkylation sites (N-methyl/N-ethyl adjacent to an activating group) is 1. The minimum Gasteiger partial charge on any atom is -0.366 e. The second-order valence-corrected chi connectivity index (χ2v) is 6.45. The van der Waals surface area contributed by atoms with E-state index in [2.05, 4.69) is 26.8 Å². The van der Waals surface area contributed by atoms with Gasteiger partial charge in [0.15, 0.2) is 5.43 Å². The van der Waals surface area contributed by atoms with Crippen LogP contribution in [0.4, 0.5) is 0 Å². The molecule has 2 heterocycles. The van der Waals surface area contributed by atoms with E-state index in [0.29, 0.717) is 23.0 Å². The molecule has 7 nitrogen and oxygen atoms in total. The molecule has 0 aliphatic heterocycles. The lowest BCUT2D eigenvalue weighted by Gasteiger charge is -2.24. The van der Waals surface area contributed by atoms with E-state index in [1.807, 2.05) is 7.05 Å². The zero-order valence-electron chi connectivity index (χ0n) is 14.8. The van der Waals surface area contributed by atoms with E-state index in [1.54, 1.807) is 36.8 Å². The van der Waals surface area contributed by atoms with Crippen molar-refractivity contribution in [3.63, 3.8) is 0 Å². The molecule has 26 heavy (non-hydrogen) atoms. The van der Waals surface area contributed by atoms with Crippen molar-refractivity contribution in [2.75, 3.05) is 7.05 Å². The van der Waals surface area contributed by atoms with E-state index in [1.165, 1.54) is 6.07 Å². The molecule has 0 fully saturated rings. The van der Waals surface area contributed by atoms with Crippen LogP contribution in [-0.4, -0.2) is 38.8 Å². The minimum absolute atomic E-state index is 0.133. The lowest BCUT2D eigenvalue weighted by molar-refractivity contribution is 0.100. The Morgan fingerprint density at radius 1 is 1.31 bits per heavy atom. The third-order valence-corrected chi connectivity index (χ3v) is 4.46. The second kappa shape index (κ2) is 7.45. The molecule has 7 heteroatoms. The Morgan fingerprint density at radius 3 is 2.81 bits per heavy atom. The smallest absolute Gasteiger partial charge is 0.248 e. The summed E-state index contributed by atoms with van der Waals surface area (Å²) in [5, 5.41) is 0.459. The van der Waals surface area contributed by atoms with Gasteiger partial charge >= 0.3 is 0 Å². The highest BCUT2D eigenvalue weighted by Gasteiger charge is 2.13. The van der Waals surface area contributed by atoms with E-state index < -0.39 is 5.91 Å². The molecule has 3 aromatic rings. The van der Waals surface area contributed by atoms with Gasteiger partial charge in [-0.05, 0) is 32.2 Å². The van der Waals surface area contributed by atoms with Gasteiger partial charge in [-0.1, -0.05) is 0 Å². The van der Waals surface area contributed by atoms with Gasteiger partial charge in [0, 0.05) is 65.8 Å². The summed E-state index contributed by atoms with van der Waals surface area (Å²) in [5.41, 5.74) is 7.90. The summed E-state index contributed by atoms with van der Waals surface area (Å²) in [4.78, 5) is 37.5. The highest BCUT2D eigenvalue weighted by atomic mass is 16.1. The van der Waals surface area contributed by atoms with Crippen molar-refractivity contribution in [1.29, 1.82) is 0 Å². The first kappa shape index (κ1) is 17.8. The number of primary amides is 1. The molecule has 0 saturated heterocycles. The van der Waals surface area contributed by atoms with Crippen LogP contribution >= 0.6 is 0 Å². The molecule has 2 aromatic heterocycles. The highest BCUT2D eigenvalue weighted by Crippen LogP contribution is 2.13. The van der Waals surface area contributed by atoms with Gasteiger partial charge in [-0.15, -0.1) is 0 Å². The molecule has 0 spiro atoms. The molecule has 0 bridgehead atoms. The van der Waals surface area contributed by atoms with Crippen LogP contribution in [0.15, 0.2) is 47.7 Å². The fourth-order valence-corrected chi connectivity index (χ4v) is 2.86. The molecule has 0 radical (unpaired) electrons. The number of carbonyl (C=O) groups excluding carboxylic acids is 1. The van der Waals surface area contributed by atoms with Gasteiger partial charge in [0.1, 0.15) is 0 Å². The molecule has 1 amide bonds. The number of nitrogens with two attached hydrogens (primary N) is 1. The third-order valence-electron chi connectivity index (χ3n) is 4.46. The number of aromatic amines is 1. The molecular weight excluding hydrogens is 330 g/mol. The SMILES string of the molecule is C[C@H](Cc1cnccn1)N(C)Cc1cc(=O)c2cc(C(N)=O)ccc2[nH]1. The third kappa shape index (κ3) is 3.94. The summed E-state index contributed by atoms with van der Waals surface area (Å²) in [6.07, 6.45) is 5.87. The van der Waals surface area contributed by atoms with Crippen LogP contribution in [0.2, 0.25) is 0 Å². The highest BCUT2D eigenvalue weighted by molar-refractivity contribution is 5.96. The minimum atomic E-state index is -0.548. The van der Waals surface area contributed by atoms with Gasteiger partial charge in [0.25, 0.3) is 0 Å². The van der Waals surface area contributed by atoms with Gasteiger partial charge in [-0.3, -0.25) is 24.5 Å². The van der Waals surface area contributed by atoms with Crippen LogP contribution in [0.1, 0.15) is 28.7 Å². The fraction of sp³-hybridized carbons (Fsp3) is 0.263. The number of pyridine rings is 1. The van der Waals surface area contributed by atoms with E-state index in [-0.39, 0.29) is 11.5 Å². The summed E-state index contributed by atoms with van der Waals surface area (Å²) < 4.78 is 0. The fourth-order valence-electron chi connectivity index (χ4n) is 2.86. The number of aromatic nitrogens is 3. The number of rotatable bonds is 6. The summed E-state index contributed by atoms with van der Waals surface area (Å²) in [6, 6.07) is 6.65. The zero-order valence-corrected chi connectivity index (χ0v) is 14.8. The maximum absolute atomic E-state index is 12.4. The number of nitrogens with one attached hydrogen (secondary N) is 1. The number of carbonyl (C=O) groups is 1. The monoisotopic (exact) mass is 351 g/mol. The molecular formula is C19H21N5O2. The summed E-state index contributed by atoms with van der Waals surface area (Å²) in [5.74, 6) is -0.548. The number of amides is 1. The first-order valence-corrected chi connectivity index (χ1v) is 8.35. The van der Waals surface area contributed by atoms with Crippen LogP contribution in [0.25, 0.3) is 10.9 Å². The van der Waals surface area contributed by atoms with Gasteiger partial charge in [-0.25, -0.2) is 0 Å². The Balaban J connectivity index is 1.79. The maximum atomic E-state index is 12.4. The maximum Gasteiger partial charge on any atom is 0.248 e. The van der Waals surface area contributed by atoms with Gasteiger partial charge in [0.05, 0.1) is 5.69 Å². The van der Waals surface area contributed by atoms with Crippen molar-refractivity contribution < 1.29 is 4.79 Å². The van der Waals surface area contributed by atoms with Crippen molar-refractivity contribution in [3.05, 3.63) is 70.0 Å². The summed E-state index contributed by atoms with van der Waals surface area (Å²) in [7, 11) is 2.00. The van der Waals surface area contributed by atoms with Gasteiger partial charge in [-0.2, -0.15) is 0 Å². The van der Waals surface area contributed by atoms with E-state index >= 15 is 0 Å². The average Bonchev–Trinajstić information content (AvgIpc) is 2.62. The zero-order chi connectivity index (χ0) is 18.7. The predicted molar refractivity (Wildman–Crippen MR) is 99.8 cm³/mol. The largest absolute Gasteiger partial charge is 0.366 e. The van der Waals surface area contributed by atoms with Crippen LogP contribution in [0, 0.1) is 0 Å². The Morgan fingerprint density at radius 2 is 2.12 bits per heavy atom. The number of fused-ring (bicyclic) bond motifs is 1. The van der Waals surface area contributed by atoms with Crippen LogP contribution < -0.4 is 11.2 Å². The number of hydrogen-bond donors (Lipinski definition) is 2. The standard InChI is InChI=1S/C19H21N5O2/c1-12(7-14-10-21-5-6-22-14)24(2)11-15-9-18(25)16-8-13(19(20)26)3-4-17(16)23-15/h3-6,8-10,12H,7,11H2,1-2H3,(H2,20,26)(H,23,25)/t12-/m1/s1.